The van der Waals surface area contributed by atoms with E-state index in [0.29, 0.717) is 5.69 Å². The summed E-state index contributed by atoms with van der Waals surface area (Å²) in [6.45, 7) is 4.83. The van der Waals surface area contributed by atoms with Gasteiger partial charge in [-0.1, -0.05) is 17.7 Å². The Hall–Kier alpha value is -1.07. The van der Waals surface area contributed by atoms with Gasteiger partial charge < -0.3 is 5.32 Å². The van der Waals surface area contributed by atoms with Crippen molar-refractivity contribution in [2.24, 2.45) is 0 Å². The standard InChI is InChI=1S/C13H20N2O2S/c1-10-5-6-13(11(2)8-10)15-18(16,17)9-12-4-3-7-14-12/h5-6,8,12,14-15H,3-4,7,9H2,1-2H3. The van der Waals surface area contributed by atoms with E-state index in [-0.39, 0.29) is 11.8 Å². The van der Waals surface area contributed by atoms with E-state index in [9.17, 15) is 8.42 Å². The van der Waals surface area contributed by atoms with Crippen LogP contribution in [0.4, 0.5) is 5.69 Å². The first-order chi connectivity index (χ1) is 8.46. The van der Waals surface area contributed by atoms with Gasteiger partial charge in [0, 0.05) is 6.04 Å². The lowest BCUT2D eigenvalue weighted by molar-refractivity contribution is 0.581. The molecular formula is C13H20N2O2S. The third-order valence-corrected chi connectivity index (χ3v) is 4.60. The van der Waals surface area contributed by atoms with Crippen LogP contribution >= 0.6 is 0 Å². The quantitative estimate of drug-likeness (QED) is 0.875. The Morgan fingerprint density at radius 3 is 2.78 bits per heavy atom. The number of rotatable bonds is 4. The predicted molar refractivity (Wildman–Crippen MR) is 74.4 cm³/mol. The molecule has 0 spiro atoms. The summed E-state index contributed by atoms with van der Waals surface area (Å²) in [4.78, 5) is 0. The summed E-state index contributed by atoms with van der Waals surface area (Å²) in [5, 5.41) is 3.20. The first-order valence-corrected chi connectivity index (χ1v) is 7.93. The fourth-order valence-corrected chi connectivity index (χ4v) is 3.76. The molecule has 0 aromatic heterocycles. The third kappa shape index (κ3) is 3.46. The molecule has 18 heavy (non-hydrogen) atoms. The van der Waals surface area contributed by atoms with Gasteiger partial charge in [-0.3, -0.25) is 4.72 Å². The monoisotopic (exact) mass is 268 g/mol. The highest BCUT2D eigenvalue weighted by molar-refractivity contribution is 7.92. The number of hydrogen-bond acceptors (Lipinski definition) is 3. The van der Waals surface area contributed by atoms with Gasteiger partial charge in [0.25, 0.3) is 0 Å². The summed E-state index contributed by atoms with van der Waals surface area (Å²) in [7, 11) is -3.27. The molecule has 0 amide bonds. The molecule has 2 N–H and O–H groups in total. The maximum Gasteiger partial charge on any atom is 0.234 e. The van der Waals surface area contributed by atoms with Gasteiger partial charge in [0.15, 0.2) is 0 Å². The molecule has 1 atom stereocenters. The average Bonchev–Trinajstić information content (AvgIpc) is 2.74. The van der Waals surface area contributed by atoms with Crippen molar-refractivity contribution in [1.82, 2.24) is 5.32 Å². The molecule has 4 nitrogen and oxygen atoms in total. The molecule has 1 aliphatic heterocycles. The van der Waals surface area contributed by atoms with E-state index in [0.717, 1.165) is 30.5 Å². The maximum absolute atomic E-state index is 12.0. The molecule has 1 heterocycles. The van der Waals surface area contributed by atoms with E-state index in [4.69, 9.17) is 0 Å². The van der Waals surface area contributed by atoms with E-state index >= 15 is 0 Å². The van der Waals surface area contributed by atoms with E-state index in [1.54, 1.807) is 0 Å². The minimum Gasteiger partial charge on any atom is -0.313 e. The minimum atomic E-state index is -3.27. The molecule has 2 rings (SSSR count). The normalized spacial score (nSPS) is 20.0. The number of benzene rings is 1. The maximum atomic E-state index is 12.0. The average molecular weight is 268 g/mol. The Balaban J connectivity index is 2.07. The van der Waals surface area contributed by atoms with Crippen LogP contribution in [0.25, 0.3) is 0 Å². The Bertz CT molecular complexity index is 520. The molecule has 0 aliphatic carbocycles. The Morgan fingerprint density at radius 1 is 1.39 bits per heavy atom. The molecule has 1 aliphatic rings. The van der Waals surface area contributed by atoms with Crippen molar-refractivity contribution in [2.75, 3.05) is 17.0 Å². The SMILES string of the molecule is Cc1ccc(NS(=O)(=O)CC2CCCN2)c(C)c1. The van der Waals surface area contributed by atoms with Crippen LogP contribution in [0.1, 0.15) is 24.0 Å². The molecule has 1 saturated heterocycles. The fourth-order valence-electron chi connectivity index (χ4n) is 2.30. The number of anilines is 1. The van der Waals surface area contributed by atoms with Crippen LogP contribution < -0.4 is 10.0 Å². The molecule has 0 bridgehead atoms. The van der Waals surface area contributed by atoms with Gasteiger partial charge in [0.1, 0.15) is 0 Å². The summed E-state index contributed by atoms with van der Waals surface area (Å²) in [5.74, 6) is 0.153. The molecule has 1 aromatic rings. The van der Waals surface area contributed by atoms with E-state index in [1.807, 2.05) is 32.0 Å². The van der Waals surface area contributed by atoms with Gasteiger partial charge >= 0.3 is 0 Å². The van der Waals surface area contributed by atoms with Crippen LogP contribution in [0.15, 0.2) is 18.2 Å². The molecule has 0 saturated carbocycles. The summed E-state index contributed by atoms with van der Waals surface area (Å²) >= 11 is 0. The van der Waals surface area contributed by atoms with Crippen molar-refractivity contribution in [3.8, 4) is 0 Å². The van der Waals surface area contributed by atoms with Gasteiger partial charge in [0.2, 0.25) is 10.0 Å². The first kappa shape index (κ1) is 13.4. The highest BCUT2D eigenvalue weighted by atomic mass is 32.2. The predicted octanol–water partition coefficient (Wildman–Crippen LogP) is 1.80. The molecule has 1 fully saturated rings. The highest BCUT2D eigenvalue weighted by Crippen LogP contribution is 2.18. The Kier molecular flexibility index (Phi) is 3.92. The second-order valence-corrected chi connectivity index (χ2v) is 6.76. The molecule has 0 radical (unpaired) electrons. The van der Waals surface area contributed by atoms with Gasteiger partial charge in [-0.15, -0.1) is 0 Å². The fraction of sp³-hybridized carbons (Fsp3) is 0.538. The third-order valence-electron chi connectivity index (χ3n) is 3.23. The van der Waals surface area contributed by atoms with Crippen molar-refractivity contribution < 1.29 is 8.42 Å². The van der Waals surface area contributed by atoms with Crippen molar-refractivity contribution >= 4 is 15.7 Å². The summed E-state index contributed by atoms with van der Waals surface area (Å²) in [5.41, 5.74) is 2.77. The van der Waals surface area contributed by atoms with Crippen LogP contribution in [0.5, 0.6) is 0 Å². The van der Waals surface area contributed by atoms with Crippen LogP contribution in [0.3, 0.4) is 0 Å². The van der Waals surface area contributed by atoms with E-state index in [1.165, 1.54) is 0 Å². The van der Waals surface area contributed by atoms with Gasteiger partial charge in [-0.05, 0) is 44.9 Å². The molecular weight excluding hydrogens is 248 g/mol. The van der Waals surface area contributed by atoms with Crippen LogP contribution in [-0.2, 0) is 10.0 Å². The van der Waals surface area contributed by atoms with Gasteiger partial charge in [0.05, 0.1) is 11.4 Å². The lowest BCUT2D eigenvalue weighted by atomic mass is 10.1. The minimum absolute atomic E-state index is 0.0910. The number of aryl methyl sites for hydroxylation is 2. The summed E-state index contributed by atoms with van der Waals surface area (Å²) in [6, 6.07) is 5.81. The van der Waals surface area contributed by atoms with Crippen molar-refractivity contribution in [1.29, 1.82) is 0 Å². The smallest absolute Gasteiger partial charge is 0.234 e. The highest BCUT2D eigenvalue weighted by Gasteiger charge is 2.22. The van der Waals surface area contributed by atoms with Crippen molar-refractivity contribution in [2.45, 2.75) is 32.7 Å². The number of nitrogens with one attached hydrogen (secondary N) is 2. The second-order valence-electron chi connectivity index (χ2n) is 5.00. The van der Waals surface area contributed by atoms with Gasteiger partial charge in [-0.2, -0.15) is 0 Å². The van der Waals surface area contributed by atoms with Crippen molar-refractivity contribution in [3.63, 3.8) is 0 Å². The van der Waals surface area contributed by atoms with Crippen LogP contribution in [0, 0.1) is 13.8 Å². The van der Waals surface area contributed by atoms with Crippen molar-refractivity contribution in [3.05, 3.63) is 29.3 Å². The zero-order valence-corrected chi connectivity index (χ0v) is 11.7. The van der Waals surface area contributed by atoms with Gasteiger partial charge in [-0.25, -0.2) is 8.42 Å². The molecule has 5 heteroatoms. The largest absolute Gasteiger partial charge is 0.313 e. The number of hydrogen-bond donors (Lipinski definition) is 2. The number of sulfonamides is 1. The summed E-state index contributed by atoms with van der Waals surface area (Å²) in [6.07, 6.45) is 2.00. The lowest BCUT2D eigenvalue weighted by Gasteiger charge is -2.14. The van der Waals surface area contributed by atoms with Crippen LogP contribution in [-0.4, -0.2) is 26.8 Å². The molecule has 1 aromatic carbocycles. The molecule has 100 valence electrons. The Morgan fingerprint density at radius 2 is 2.17 bits per heavy atom. The topological polar surface area (TPSA) is 58.2 Å². The van der Waals surface area contributed by atoms with Crippen LogP contribution in [0.2, 0.25) is 0 Å². The zero-order chi connectivity index (χ0) is 13.2. The summed E-state index contributed by atoms with van der Waals surface area (Å²) < 4.78 is 26.8. The zero-order valence-electron chi connectivity index (χ0n) is 10.9. The Labute approximate surface area is 109 Å². The second kappa shape index (κ2) is 5.28. The van der Waals surface area contributed by atoms with E-state index < -0.39 is 10.0 Å². The lowest BCUT2D eigenvalue weighted by Crippen LogP contribution is -2.32. The van der Waals surface area contributed by atoms with E-state index in [2.05, 4.69) is 10.0 Å². The first-order valence-electron chi connectivity index (χ1n) is 6.27. The molecule has 1 unspecified atom stereocenters.